The van der Waals surface area contributed by atoms with Crippen molar-refractivity contribution >= 4 is 11.8 Å². The molecule has 0 atom stereocenters. The van der Waals surface area contributed by atoms with Crippen LogP contribution in [0.25, 0.3) is 11.6 Å². The molecular weight excluding hydrogens is 363 g/mol. The molecule has 144 valence electrons. The molecule has 0 amide bonds. The minimum atomic E-state index is -0.370. The maximum absolute atomic E-state index is 13.1. The lowest BCUT2D eigenvalue weighted by molar-refractivity contribution is 0.458. The van der Waals surface area contributed by atoms with Crippen molar-refractivity contribution in [2.45, 2.75) is 50.5 Å². The SMILES string of the molecule is Cn1nc(C(C)(C)C)cc1-c1nnc(C(C)(C)SCc2ccc(F)cc2)o1. The van der Waals surface area contributed by atoms with Crippen LogP contribution in [0.1, 0.15) is 51.8 Å². The normalized spacial score (nSPS) is 12.6. The minimum Gasteiger partial charge on any atom is -0.418 e. The first-order chi connectivity index (χ1) is 12.6. The number of aryl methyl sites for hydroxylation is 1. The van der Waals surface area contributed by atoms with E-state index in [-0.39, 0.29) is 16.0 Å². The molecule has 0 saturated heterocycles. The molecule has 2 heterocycles. The summed E-state index contributed by atoms with van der Waals surface area (Å²) in [7, 11) is 1.88. The number of aromatic nitrogens is 4. The summed E-state index contributed by atoms with van der Waals surface area (Å²) in [4.78, 5) is 0. The van der Waals surface area contributed by atoms with E-state index in [0.717, 1.165) is 22.7 Å². The van der Waals surface area contributed by atoms with Crippen molar-refractivity contribution in [1.29, 1.82) is 0 Å². The summed E-state index contributed by atoms with van der Waals surface area (Å²) < 4.78 is 20.4. The minimum absolute atomic E-state index is 0.0524. The van der Waals surface area contributed by atoms with E-state index in [1.54, 1.807) is 28.6 Å². The van der Waals surface area contributed by atoms with E-state index in [1.807, 2.05) is 27.0 Å². The van der Waals surface area contributed by atoms with Gasteiger partial charge in [-0.05, 0) is 37.6 Å². The summed E-state index contributed by atoms with van der Waals surface area (Å²) in [5.41, 5.74) is 2.78. The predicted octanol–water partition coefficient (Wildman–Crippen LogP) is 5.08. The number of rotatable bonds is 5. The number of hydrogen-bond acceptors (Lipinski definition) is 5. The second-order valence-corrected chi connectivity index (χ2v) is 9.72. The highest BCUT2D eigenvalue weighted by Crippen LogP contribution is 2.38. The smallest absolute Gasteiger partial charge is 0.266 e. The summed E-state index contributed by atoms with van der Waals surface area (Å²) in [6.45, 7) is 10.4. The van der Waals surface area contributed by atoms with Gasteiger partial charge in [0.15, 0.2) is 0 Å². The zero-order valence-electron chi connectivity index (χ0n) is 16.6. The second-order valence-electron chi connectivity index (χ2n) is 8.13. The van der Waals surface area contributed by atoms with Crippen molar-refractivity contribution in [3.63, 3.8) is 0 Å². The van der Waals surface area contributed by atoms with E-state index >= 15 is 0 Å². The third-order valence-corrected chi connectivity index (χ3v) is 5.69. The summed E-state index contributed by atoms with van der Waals surface area (Å²) in [6, 6.07) is 8.53. The Balaban J connectivity index is 1.78. The fraction of sp³-hybridized carbons (Fsp3) is 0.450. The summed E-state index contributed by atoms with van der Waals surface area (Å²) in [6.07, 6.45) is 0. The van der Waals surface area contributed by atoms with Crippen molar-refractivity contribution in [2.75, 3.05) is 0 Å². The molecule has 0 aliphatic rings. The van der Waals surface area contributed by atoms with Crippen LogP contribution in [-0.2, 0) is 23.0 Å². The average Bonchev–Trinajstić information content (AvgIpc) is 3.21. The van der Waals surface area contributed by atoms with E-state index in [4.69, 9.17) is 4.42 Å². The molecule has 0 N–H and O–H groups in total. The molecule has 3 rings (SSSR count). The Morgan fingerprint density at radius 3 is 2.33 bits per heavy atom. The lowest BCUT2D eigenvalue weighted by Gasteiger charge is -2.19. The van der Waals surface area contributed by atoms with Gasteiger partial charge in [-0.1, -0.05) is 32.9 Å². The van der Waals surface area contributed by atoms with E-state index in [2.05, 4.69) is 36.1 Å². The Morgan fingerprint density at radius 2 is 1.74 bits per heavy atom. The van der Waals surface area contributed by atoms with Gasteiger partial charge in [0.05, 0.1) is 10.4 Å². The maximum atomic E-state index is 13.1. The van der Waals surface area contributed by atoms with Gasteiger partial charge in [0.2, 0.25) is 5.89 Å². The summed E-state index contributed by atoms with van der Waals surface area (Å²) in [5.74, 6) is 1.52. The Labute approximate surface area is 163 Å². The van der Waals surface area contributed by atoms with Crippen molar-refractivity contribution < 1.29 is 8.81 Å². The Morgan fingerprint density at radius 1 is 1.07 bits per heavy atom. The highest BCUT2D eigenvalue weighted by atomic mass is 32.2. The molecule has 7 heteroatoms. The van der Waals surface area contributed by atoms with Crippen LogP contribution in [-0.4, -0.2) is 20.0 Å². The van der Waals surface area contributed by atoms with Crippen molar-refractivity contribution in [3.8, 4) is 11.6 Å². The van der Waals surface area contributed by atoms with Crippen LogP contribution in [0, 0.1) is 5.82 Å². The fourth-order valence-electron chi connectivity index (χ4n) is 2.51. The number of nitrogens with zero attached hydrogens (tertiary/aromatic N) is 4. The molecular formula is C20H25FN4OS. The van der Waals surface area contributed by atoms with Crippen LogP contribution >= 0.6 is 11.8 Å². The van der Waals surface area contributed by atoms with Crippen LogP contribution in [0.4, 0.5) is 4.39 Å². The monoisotopic (exact) mass is 388 g/mol. The Bertz CT molecular complexity index is 922. The number of hydrogen-bond donors (Lipinski definition) is 0. The largest absolute Gasteiger partial charge is 0.418 e. The van der Waals surface area contributed by atoms with Gasteiger partial charge in [0.1, 0.15) is 11.5 Å². The molecule has 5 nitrogen and oxygen atoms in total. The molecule has 0 unspecified atom stereocenters. The zero-order valence-corrected chi connectivity index (χ0v) is 17.4. The van der Waals surface area contributed by atoms with Crippen molar-refractivity contribution in [2.24, 2.45) is 7.05 Å². The quantitative estimate of drug-likeness (QED) is 0.610. The van der Waals surface area contributed by atoms with Crippen molar-refractivity contribution in [1.82, 2.24) is 20.0 Å². The lowest BCUT2D eigenvalue weighted by atomic mass is 9.92. The van der Waals surface area contributed by atoms with Crippen molar-refractivity contribution in [3.05, 3.63) is 53.3 Å². The number of benzene rings is 1. The van der Waals surface area contributed by atoms with Gasteiger partial charge in [-0.2, -0.15) is 5.10 Å². The van der Waals surface area contributed by atoms with E-state index in [1.165, 1.54) is 12.1 Å². The molecule has 0 saturated carbocycles. The molecule has 0 aliphatic carbocycles. The van der Waals surface area contributed by atoms with Crippen LogP contribution < -0.4 is 0 Å². The Kier molecular flexibility index (Phi) is 5.16. The average molecular weight is 389 g/mol. The lowest BCUT2D eigenvalue weighted by Crippen LogP contribution is -2.13. The zero-order chi connectivity index (χ0) is 19.8. The third kappa shape index (κ3) is 4.40. The predicted molar refractivity (Wildman–Crippen MR) is 106 cm³/mol. The first-order valence-electron chi connectivity index (χ1n) is 8.83. The molecule has 0 spiro atoms. The second kappa shape index (κ2) is 7.11. The summed E-state index contributed by atoms with van der Waals surface area (Å²) in [5, 5.41) is 13.1. The fourth-order valence-corrected chi connectivity index (χ4v) is 3.44. The highest BCUT2D eigenvalue weighted by Gasteiger charge is 2.29. The highest BCUT2D eigenvalue weighted by molar-refractivity contribution is 7.99. The molecule has 0 bridgehead atoms. The van der Waals surface area contributed by atoms with Crippen LogP contribution in [0.5, 0.6) is 0 Å². The van der Waals surface area contributed by atoms with E-state index < -0.39 is 0 Å². The summed E-state index contributed by atoms with van der Waals surface area (Å²) >= 11 is 1.67. The molecule has 2 aromatic heterocycles. The first-order valence-corrected chi connectivity index (χ1v) is 9.82. The number of thioether (sulfide) groups is 1. The van der Waals surface area contributed by atoms with Gasteiger partial charge in [-0.3, -0.25) is 4.68 Å². The number of halogens is 1. The molecule has 0 fully saturated rings. The van der Waals surface area contributed by atoms with Gasteiger partial charge >= 0.3 is 0 Å². The Hall–Kier alpha value is -2.15. The van der Waals surface area contributed by atoms with E-state index in [9.17, 15) is 4.39 Å². The molecule has 0 radical (unpaired) electrons. The third-order valence-electron chi connectivity index (χ3n) is 4.32. The van der Waals surface area contributed by atoms with Gasteiger partial charge < -0.3 is 4.42 Å². The maximum Gasteiger partial charge on any atom is 0.266 e. The standard InChI is InChI=1S/C20H25FN4OS/c1-19(2,3)16-11-15(25(6)24-16)17-22-23-18(26-17)20(4,5)27-12-13-7-9-14(21)10-8-13/h7-11H,12H2,1-6H3. The van der Waals surface area contributed by atoms with Gasteiger partial charge in [0.25, 0.3) is 5.89 Å². The van der Waals surface area contributed by atoms with E-state index in [0.29, 0.717) is 11.8 Å². The van der Waals surface area contributed by atoms with Crippen LogP contribution in [0.2, 0.25) is 0 Å². The van der Waals surface area contributed by atoms with Gasteiger partial charge in [-0.25, -0.2) is 4.39 Å². The van der Waals surface area contributed by atoms with Gasteiger partial charge in [0, 0.05) is 18.2 Å². The molecule has 3 aromatic rings. The van der Waals surface area contributed by atoms with Crippen LogP contribution in [0.15, 0.2) is 34.7 Å². The molecule has 27 heavy (non-hydrogen) atoms. The molecule has 0 aliphatic heterocycles. The van der Waals surface area contributed by atoms with Gasteiger partial charge in [-0.15, -0.1) is 22.0 Å². The van der Waals surface area contributed by atoms with Crippen LogP contribution in [0.3, 0.4) is 0 Å². The topological polar surface area (TPSA) is 56.7 Å². The molecule has 1 aromatic carbocycles. The first kappa shape index (κ1) is 19.6.